The summed E-state index contributed by atoms with van der Waals surface area (Å²) < 4.78 is 5.76. The minimum absolute atomic E-state index is 0.285. The van der Waals surface area contributed by atoms with Gasteiger partial charge in [0.1, 0.15) is 11.5 Å². The molecule has 148 valence electrons. The van der Waals surface area contributed by atoms with Gasteiger partial charge in [-0.25, -0.2) is 0 Å². The summed E-state index contributed by atoms with van der Waals surface area (Å²) in [5, 5.41) is 11.2. The predicted octanol–water partition coefficient (Wildman–Crippen LogP) is 3.27. The molecule has 2 aromatic carbocycles. The number of piperazine rings is 1. The Bertz CT molecular complexity index is 937. The van der Waals surface area contributed by atoms with E-state index < -0.39 is 0 Å². The van der Waals surface area contributed by atoms with Gasteiger partial charge < -0.3 is 19.9 Å². The highest BCUT2D eigenvalue weighted by Crippen LogP contribution is 2.23. The van der Waals surface area contributed by atoms with Gasteiger partial charge in [-0.05, 0) is 55.6 Å². The highest BCUT2D eigenvalue weighted by Gasteiger charge is 2.16. The van der Waals surface area contributed by atoms with Gasteiger partial charge in [-0.3, -0.25) is 4.79 Å². The van der Waals surface area contributed by atoms with Crippen LogP contribution in [0.3, 0.4) is 0 Å². The molecule has 0 radical (unpaired) electrons. The molecule has 0 spiro atoms. The molecule has 0 unspecified atom stereocenters. The Morgan fingerprint density at radius 3 is 2.21 bits per heavy atom. The van der Waals surface area contributed by atoms with Crippen LogP contribution >= 0.6 is 0 Å². The quantitative estimate of drug-likeness (QED) is 0.722. The first kappa shape index (κ1) is 18.9. The van der Waals surface area contributed by atoms with E-state index >= 15 is 0 Å². The second-order valence-corrected chi connectivity index (χ2v) is 6.96. The van der Waals surface area contributed by atoms with Crippen molar-refractivity contribution in [3.05, 3.63) is 72.4 Å². The molecule has 1 N–H and O–H groups in total. The molecule has 0 saturated carbocycles. The summed E-state index contributed by atoms with van der Waals surface area (Å²) in [6.07, 6.45) is 0. The van der Waals surface area contributed by atoms with Crippen molar-refractivity contribution in [3.63, 3.8) is 0 Å². The number of hydrogen-bond acceptors (Lipinski definition) is 6. The molecule has 7 nitrogen and oxygen atoms in total. The summed E-state index contributed by atoms with van der Waals surface area (Å²) in [7, 11) is 2.11. The van der Waals surface area contributed by atoms with E-state index in [2.05, 4.69) is 32.4 Å². The number of nitrogens with zero attached hydrogens (tertiary/aromatic N) is 4. The molecule has 0 bridgehead atoms. The molecule has 29 heavy (non-hydrogen) atoms. The minimum Gasteiger partial charge on any atom is -0.457 e. The smallest absolute Gasteiger partial charge is 0.276 e. The fraction of sp³-hybridized carbons (Fsp3) is 0.227. The Labute approximate surface area is 169 Å². The lowest BCUT2D eigenvalue weighted by atomic mass is 10.2. The Kier molecular flexibility index (Phi) is 5.67. The lowest BCUT2D eigenvalue weighted by Crippen LogP contribution is -2.44. The van der Waals surface area contributed by atoms with Gasteiger partial charge in [0.15, 0.2) is 11.5 Å². The topological polar surface area (TPSA) is 70.6 Å². The van der Waals surface area contributed by atoms with E-state index in [9.17, 15) is 4.79 Å². The Morgan fingerprint density at radius 1 is 0.862 bits per heavy atom. The lowest BCUT2D eigenvalue weighted by molar-refractivity contribution is 0.102. The number of rotatable bonds is 5. The van der Waals surface area contributed by atoms with Crippen molar-refractivity contribution < 1.29 is 9.53 Å². The average Bonchev–Trinajstić information content (AvgIpc) is 2.76. The number of amides is 1. The van der Waals surface area contributed by atoms with Gasteiger partial charge in [-0.1, -0.05) is 18.2 Å². The molecule has 1 aliphatic rings. The zero-order valence-electron chi connectivity index (χ0n) is 16.3. The zero-order valence-corrected chi connectivity index (χ0v) is 16.3. The third-order valence-electron chi connectivity index (χ3n) is 4.80. The monoisotopic (exact) mass is 389 g/mol. The number of benzene rings is 2. The van der Waals surface area contributed by atoms with Crippen LogP contribution in [0.4, 0.5) is 11.5 Å². The van der Waals surface area contributed by atoms with E-state index in [1.165, 1.54) is 0 Å². The van der Waals surface area contributed by atoms with Gasteiger partial charge in [0.25, 0.3) is 5.91 Å². The van der Waals surface area contributed by atoms with E-state index in [4.69, 9.17) is 4.74 Å². The number of nitrogens with one attached hydrogen (secondary N) is 1. The van der Waals surface area contributed by atoms with Gasteiger partial charge in [-0.15, -0.1) is 10.2 Å². The van der Waals surface area contributed by atoms with E-state index in [-0.39, 0.29) is 11.6 Å². The van der Waals surface area contributed by atoms with Crippen LogP contribution in [0.25, 0.3) is 0 Å². The number of para-hydroxylation sites is 1. The number of aromatic nitrogens is 2. The highest BCUT2D eigenvalue weighted by atomic mass is 16.5. The van der Waals surface area contributed by atoms with Gasteiger partial charge in [0.05, 0.1) is 0 Å². The van der Waals surface area contributed by atoms with Gasteiger partial charge in [-0.2, -0.15) is 0 Å². The molecule has 2 heterocycles. The molecule has 1 aliphatic heterocycles. The van der Waals surface area contributed by atoms with Crippen LogP contribution in [0.1, 0.15) is 10.5 Å². The maximum absolute atomic E-state index is 12.5. The van der Waals surface area contributed by atoms with Gasteiger partial charge >= 0.3 is 0 Å². The first-order valence-electron chi connectivity index (χ1n) is 9.59. The van der Waals surface area contributed by atoms with Crippen LogP contribution in [0.5, 0.6) is 11.5 Å². The largest absolute Gasteiger partial charge is 0.457 e. The number of anilines is 2. The van der Waals surface area contributed by atoms with Crippen LogP contribution in [0, 0.1) is 0 Å². The molecule has 0 atom stereocenters. The van der Waals surface area contributed by atoms with E-state index in [0.29, 0.717) is 11.4 Å². The van der Waals surface area contributed by atoms with Crippen molar-refractivity contribution in [2.45, 2.75) is 0 Å². The van der Waals surface area contributed by atoms with E-state index in [1.54, 1.807) is 18.2 Å². The van der Waals surface area contributed by atoms with Crippen molar-refractivity contribution in [1.29, 1.82) is 0 Å². The van der Waals surface area contributed by atoms with Crippen LogP contribution in [0.15, 0.2) is 66.7 Å². The lowest BCUT2D eigenvalue weighted by Gasteiger charge is -2.32. The molecular weight excluding hydrogens is 366 g/mol. The standard InChI is InChI=1S/C22H23N5O2/c1-26-13-15-27(16-14-26)21-12-11-20(24-25-21)22(28)23-17-7-9-19(10-8-17)29-18-5-3-2-4-6-18/h2-12H,13-16H2,1H3,(H,23,28). The Morgan fingerprint density at radius 2 is 1.55 bits per heavy atom. The third-order valence-corrected chi connectivity index (χ3v) is 4.80. The van der Waals surface area contributed by atoms with E-state index in [1.807, 2.05) is 48.5 Å². The molecule has 1 saturated heterocycles. The van der Waals surface area contributed by atoms with Crippen LogP contribution in [-0.4, -0.2) is 54.2 Å². The fourth-order valence-electron chi connectivity index (χ4n) is 3.08. The fourth-order valence-corrected chi connectivity index (χ4v) is 3.08. The van der Waals surface area contributed by atoms with Crippen LogP contribution in [-0.2, 0) is 0 Å². The SMILES string of the molecule is CN1CCN(c2ccc(C(=O)Nc3ccc(Oc4ccccc4)cc3)nn2)CC1. The van der Waals surface area contributed by atoms with Crippen molar-refractivity contribution in [1.82, 2.24) is 15.1 Å². The number of carbonyl (C=O) groups is 1. The normalized spacial score (nSPS) is 14.4. The highest BCUT2D eigenvalue weighted by molar-refractivity contribution is 6.02. The Balaban J connectivity index is 1.35. The number of likely N-dealkylation sites (N-methyl/N-ethyl adjacent to an activating group) is 1. The predicted molar refractivity (Wildman–Crippen MR) is 113 cm³/mol. The maximum atomic E-state index is 12.5. The molecule has 1 amide bonds. The average molecular weight is 389 g/mol. The molecule has 1 aromatic heterocycles. The number of hydrogen-bond donors (Lipinski definition) is 1. The zero-order chi connectivity index (χ0) is 20.1. The summed E-state index contributed by atoms with van der Waals surface area (Å²) in [5.41, 5.74) is 0.952. The summed E-state index contributed by atoms with van der Waals surface area (Å²) in [4.78, 5) is 16.9. The van der Waals surface area contributed by atoms with Crippen LogP contribution < -0.4 is 15.0 Å². The van der Waals surface area contributed by atoms with Gasteiger partial charge in [0, 0.05) is 31.9 Å². The maximum Gasteiger partial charge on any atom is 0.276 e. The summed E-state index contributed by atoms with van der Waals surface area (Å²) in [6.45, 7) is 3.81. The third kappa shape index (κ3) is 4.89. The summed E-state index contributed by atoms with van der Waals surface area (Å²) in [5.74, 6) is 1.97. The second kappa shape index (κ2) is 8.70. The van der Waals surface area contributed by atoms with Crippen molar-refractivity contribution in [3.8, 4) is 11.5 Å². The summed E-state index contributed by atoms with van der Waals surface area (Å²) in [6, 6.07) is 20.3. The molecule has 3 aromatic rings. The molecule has 0 aliphatic carbocycles. The number of carbonyl (C=O) groups excluding carboxylic acids is 1. The van der Waals surface area contributed by atoms with Crippen molar-refractivity contribution >= 4 is 17.4 Å². The van der Waals surface area contributed by atoms with E-state index in [0.717, 1.165) is 37.7 Å². The van der Waals surface area contributed by atoms with Crippen molar-refractivity contribution in [2.75, 3.05) is 43.4 Å². The Hall–Kier alpha value is -3.45. The first-order chi connectivity index (χ1) is 14.2. The van der Waals surface area contributed by atoms with Crippen molar-refractivity contribution in [2.24, 2.45) is 0 Å². The molecule has 1 fully saturated rings. The minimum atomic E-state index is -0.292. The number of ether oxygens (including phenoxy) is 1. The molecule has 7 heteroatoms. The van der Waals surface area contributed by atoms with Gasteiger partial charge in [0.2, 0.25) is 0 Å². The molecular formula is C22H23N5O2. The van der Waals surface area contributed by atoms with Crippen LogP contribution in [0.2, 0.25) is 0 Å². The first-order valence-corrected chi connectivity index (χ1v) is 9.59. The molecule has 4 rings (SSSR count). The summed E-state index contributed by atoms with van der Waals surface area (Å²) >= 11 is 0. The second-order valence-electron chi connectivity index (χ2n) is 6.96.